The van der Waals surface area contributed by atoms with Crippen LogP contribution in [0.1, 0.15) is 11.8 Å². The minimum Gasteiger partial charge on any atom is -0.420 e. The van der Waals surface area contributed by atoms with Gasteiger partial charge >= 0.3 is 0 Å². The van der Waals surface area contributed by atoms with Gasteiger partial charge in [-0.1, -0.05) is 23.7 Å². The van der Waals surface area contributed by atoms with Gasteiger partial charge in [0.25, 0.3) is 11.8 Å². The van der Waals surface area contributed by atoms with Crippen molar-refractivity contribution in [2.75, 3.05) is 38.0 Å². The second-order valence-corrected chi connectivity index (χ2v) is 6.50. The number of carbonyl (C=O) groups excluding carboxylic acids is 1. The van der Waals surface area contributed by atoms with Crippen molar-refractivity contribution >= 4 is 23.2 Å². The number of aryl methyl sites for hydroxylation is 1. The lowest BCUT2D eigenvalue weighted by molar-refractivity contribution is -1.02. The zero-order valence-electron chi connectivity index (χ0n) is 13.6. The van der Waals surface area contributed by atoms with Gasteiger partial charge in [0.1, 0.15) is 26.2 Å². The number of nitrogens with zero attached hydrogens (tertiary/aromatic N) is 2. The van der Waals surface area contributed by atoms with Crippen LogP contribution in [0.2, 0.25) is 5.02 Å². The van der Waals surface area contributed by atoms with Crippen LogP contribution in [0.4, 0.5) is 5.69 Å². The number of benzene rings is 1. The molecule has 1 aliphatic heterocycles. The molecule has 0 saturated carbocycles. The van der Waals surface area contributed by atoms with E-state index in [0.29, 0.717) is 29.0 Å². The average molecular weight is 352 g/mol. The summed E-state index contributed by atoms with van der Waals surface area (Å²) in [5.41, 5.74) is 0.666. The van der Waals surface area contributed by atoms with Crippen molar-refractivity contribution in [2.45, 2.75) is 13.5 Å². The second kappa shape index (κ2) is 7.74. The first-order chi connectivity index (χ1) is 11.6. The van der Waals surface area contributed by atoms with Gasteiger partial charge < -0.3 is 19.5 Å². The molecule has 8 heteroatoms. The molecule has 2 aromatic rings. The molecule has 3 rings (SSSR count). The topological polar surface area (TPSA) is 76.9 Å². The van der Waals surface area contributed by atoms with Crippen molar-refractivity contribution in [1.82, 2.24) is 10.2 Å². The molecular weight excluding hydrogens is 330 g/mol. The summed E-state index contributed by atoms with van der Waals surface area (Å²) < 4.78 is 5.43. The van der Waals surface area contributed by atoms with Crippen LogP contribution in [0, 0.1) is 6.92 Å². The average Bonchev–Trinajstić information content (AvgIpc) is 2.96. The second-order valence-electron chi connectivity index (χ2n) is 6.10. The number of halogens is 1. The predicted octanol–water partition coefficient (Wildman–Crippen LogP) is -1.05. The predicted molar refractivity (Wildman–Crippen MR) is 89.1 cm³/mol. The Kier molecular flexibility index (Phi) is 5.44. The third-order valence-corrected chi connectivity index (χ3v) is 4.52. The van der Waals surface area contributed by atoms with E-state index in [1.807, 2.05) is 18.2 Å². The fourth-order valence-electron chi connectivity index (χ4n) is 2.92. The SMILES string of the molecule is Cc1nnc(C[NH+]2CC[NH+](CC(=O)Nc3ccccc3Cl)CC2)o1. The quantitative estimate of drug-likeness (QED) is 0.643. The van der Waals surface area contributed by atoms with Crippen LogP contribution in [0.25, 0.3) is 0 Å². The fraction of sp³-hybridized carbons (Fsp3) is 0.438. The smallest absolute Gasteiger partial charge is 0.279 e. The van der Waals surface area contributed by atoms with Gasteiger partial charge in [-0.2, -0.15) is 0 Å². The zero-order chi connectivity index (χ0) is 16.9. The summed E-state index contributed by atoms with van der Waals surface area (Å²) in [4.78, 5) is 14.9. The molecule has 0 aliphatic carbocycles. The molecular formula is C16H22ClN5O2+2. The van der Waals surface area contributed by atoms with E-state index in [0.717, 1.165) is 32.7 Å². The van der Waals surface area contributed by atoms with E-state index in [9.17, 15) is 4.79 Å². The molecule has 1 aromatic carbocycles. The number of quaternary nitrogens is 2. The summed E-state index contributed by atoms with van der Waals surface area (Å²) in [6.45, 7) is 6.85. The van der Waals surface area contributed by atoms with Crippen molar-refractivity contribution in [3.63, 3.8) is 0 Å². The number of anilines is 1. The maximum absolute atomic E-state index is 12.2. The molecule has 0 unspecified atom stereocenters. The van der Waals surface area contributed by atoms with E-state index in [4.69, 9.17) is 16.0 Å². The molecule has 0 spiro atoms. The number of nitrogens with one attached hydrogen (secondary N) is 3. The number of carbonyl (C=O) groups is 1. The lowest BCUT2D eigenvalue weighted by Crippen LogP contribution is -3.28. The Hall–Kier alpha value is -1.96. The summed E-state index contributed by atoms with van der Waals surface area (Å²) in [5, 5.41) is 11.3. The van der Waals surface area contributed by atoms with E-state index in [1.54, 1.807) is 13.0 Å². The Bertz CT molecular complexity index is 697. The van der Waals surface area contributed by atoms with E-state index >= 15 is 0 Å². The molecule has 2 heterocycles. The Morgan fingerprint density at radius 1 is 1.21 bits per heavy atom. The maximum atomic E-state index is 12.2. The highest BCUT2D eigenvalue weighted by Crippen LogP contribution is 2.19. The van der Waals surface area contributed by atoms with Crippen molar-refractivity contribution < 1.29 is 19.0 Å². The normalized spacial score (nSPS) is 20.8. The van der Waals surface area contributed by atoms with Gasteiger partial charge in [-0.25, -0.2) is 0 Å². The molecule has 0 bridgehead atoms. The Morgan fingerprint density at radius 3 is 2.58 bits per heavy atom. The molecule has 3 N–H and O–H groups in total. The van der Waals surface area contributed by atoms with E-state index in [-0.39, 0.29) is 5.91 Å². The zero-order valence-corrected chi connectivity index (χ0v) is 14.4. The van der Waals surface area contributed by atoms with Gasteiger partial charge in [0, 0.05) is 6.92 Å². The maximum Gasteiger partial charge on any atom is 0.279 e. The molecule has 0 atom stereocenters. The van der Waals surface area contributed by atoms with Crippen LogP contribution < -0.4 is 15.1 Å². The van der Waals surface area contributed by atoms with Crippen molar-refractivity contribution in [2.24, 2.45) is 0 Å². The van der Waals surface area contributed by atoms with Gasteiger partial charge in [-0.05, 0) is 12.1 Å². The van der Waals surface area contributed by atoms with Crippen LogP contribution >= 0.6 is 11.6 Å². The fourth-order valence-corrected chi connectivity index (χ4v) is 3.10. The van der Waals surface area contributed by atoms with Crippen LogP contribution in [0.3, 0.4) is 0 Å². The largest absolute Gasteiger partial charge is 0.420 e. The Morgan fingerprint density at radius 2 is 1.92 bits per heavy atom. The Balaban J connectivity index is 1.43. The molecule has 1 aromatic heterocycles. The molecule has 7 nitrogen and oxygen atoms in total. The standard InChI is InChI=1S/C16H20ClN5O2/c1-12-19-20-16(24-12)11-22-8-6-21(7-9-22)10-15(23)18-14-5-3-2-4-13(14)17/h2-5H,6-11H2,1H3,(H,18,23)/p+2. The van der Waals surface area contributed by atoms with Gasteiger partial charge in [-0.3, -0.25) is 4.79 Å². The van der Waals surface area contributed by atoms with Crippen LogP contribution in [-0.4, -0.2) is 48.8 Å². The van der Waals surface area contributed by atoms with Gasteiger partial charge in [0.05, 0.1) is 10.7 Å². The highest BCUT2D eigenvalue weighted by atomic mass is 35.5. The van der Waals surface area contributed by atoms with Crippen LogP contribution in [0.15, 0.2) is 28.7 Å². The first kappa shape index (κ1) is 16.9. The number of para-hydroxylation sites is 1. The highest BCUT2D eigenvalue weighted by molar-refractivity contribution is 6.33. The molecule has 1 aliphatic rings. The first-order valence-electron chi connectivity index (χ1n) is 8.10. The molecule has 1 amide bonds. The third kappa shape index (κ3) is 4.53. The van der Waals surface area contributed by atoms with Gasteiger partial charge in [0.2, 0.25) is 5.89 Å². The van der Waals surface area contributed by atoms with Crippen LogP contribution in [0.5, 0.6) is 0 Å². The summed E-state index contributed by atoms with van der Waals surface area (Å²) in [7, 11) is 0. The number of amides is 1. The van der Waals surface area contributed by atoms with E-state index < -0.39 is 0 Å². The molecule has 128 valence electrons. The lowest BCUT2D eigenvalue weighted by atomic mass is 10.3. The van der Waals surface area contributed by atoms with Gasteiger partial charge in [0.15, 0.2) is 13.1 Å². The van der Waals surface area contributed by atoms with Gasteiger partial charge in [-0.15, -0.1) is 10.2 Å². The minimum atomic E-state index is -0.00549. The van der Waals surface area contributed by atoms with Crippen molar-refractivity contribution in [3.05, 3.63) is 41.1 Å². The Labute approximate surface area is 145 Å². The van der Waals surface area contributed by atoms with E-state index in [1.165, 1.54) is 9.80 Å². The summed E-state index contributed by atoms with van der Waals surface area (Å²) in [6.07, 6.45) is 0. The number of rotatable bonds is 5. The lowest BCUT2D eigenvalue weighted by Gasteiger charge is -2.28. The van der Waals surface area contributed by atoms with Crippen molar-refractivity contribution in [3.8, 4) is 0 Å². The monoisotopic (exact) mass is 351 g/mol. The number of hydrogen-bond acceptors (Lipinski definition) is 4. The summed E-state index contributed by atoms with van der Waals surface area (Å²) in [5.74, 6) is 1.28. The first-order valence-corrected chi connectivity index (χ1v) is 8.48. The van der Waals surface area contributed by atoms with Crippen LogP contribution in [-0.2, 0) is 11.3 Å². The summed E-state index contributed by atoms with van der Waals surface area (Å²) in [6, 6.07) is 7.28. The highest BCUT2D eigenvalue weighted by Gasteiger charge is 2.26. The molecule has 24 heavy (non-hydrogen) atoms. The minimum absolute atomic E-state index is 0.00549. The molecule has 0 radical (unpaired) electrons. The van der Waals surface area contributed by atoms with Crippen molar-refractivity contribution in [1.29, 1.82) is 0 Å². The molecule has 1 saturated heterocycles. The number of piperazine rings is 1. The summed E-state index contributed by atoms with van der Waals surface area (Å²) >= 11 is 6.06. The van der Waals surface area contributed by atoms with E-state index in [2.05, 4.69) is 15.5 Å². The number of aromatic nitrogens is 2. The number of hydrogen-bond donors (Lipinski definition) is 3. The molecule has 1 fully saturated rings. The third-order valence-electron chi connectivity index (χ3n) is 4.19.